The van der Waals surface area contributed by atoms with E-state index in [0.29, 0.717) is 17.8 Å². The third-order valence-electron chi connectivity index (χ3n) is 4.95. The zero-order chi connectivity index (χ0) is 18.1. The number of carbonyl (C=O) groups excluding carboxylic acids is 2. The van der Waals surface area contributed by atoms with Gasteiger partial charge in [0.1, 0.15) is 11.8 Å². The van der Waals surface area contributed by atoms with Gasteiger partial charge < -0.3 is 20.0 Å². The van der Waals surface area contributed by atoms with Gasteiger partial charge in [-0.05, 0) is 37.1 Å². The highest BCUT2D eigenvalue weighted by Crippen LogP contribution is 2.44. The molecule has 0 spiro atoms. The summed E-state index contributed by atoms with van der Waals surface area (Å²) in [6, 6.07) is 11.1. The molecule has 0 saturated heterocycles. The van der Waals surface area contributed by atoms with E-state index in [2.05, 4.69) is 10.6 Å². The number of amides is 1. The average Bonchev–Trinajstić information content (AvgIpc) is 3.13. The predicted molar refractivity (Wildman–Crippen MR) is 98.8 cm³/mol. The largest absolute Gasteiger partial charge is 0.467 e. The van der Waals surface area contributed by atoms with Crippen molar-refractivity contribution in [2.45, 2.75) is 25.3 Å². The Morgan fingerprint density at radius 3 is 2.88 bits per heavy atom. The monoisotopic (exact) mass is 351 g/mol. The van der Waals surface area contributed by atoms with Gasteiger partial charge in [-0.15, -0.1) is 0 Å². The summed E-state index contributed by atoms with van der Waals surface area (Å²) in [5, 5.41) is 6.13. The summed E-state index contributed by atoms with van der Waals surface area (Å²) >= 11 is 0. The van der Waals surface area contributed by atoms with E-state index < -0.39 is 6.04 Å². The van der Waals surface area contributed by atoms with Crippen molar-refractivity contribution in [2.24, 2.45) is 0 Å². The van der Waals surface area contributed by atoms with Crippen LogP contribution in [-0.2, 0) is 9.59 Å². The van der Waals surface area contributed by atoms with E-state index in [4.69, 9.17) is 4.42 Å². The third-order valence-corrected chi connectivity index (χ3v) is 4.95. The molecule has 1 atom stereocenters. The number of carbonyl (C=O) groups is 2. The Kier molecular flexibility index (Phi) is 4.24. The van der Waals surface area contributed by atoms with Crippen molar-refractivity contribution >= 4 is 23.1 Å². The minimum atomic E-state index is -0.429. The van der Waals surface area contributed by atoms with E-state index in [1.807, 2.05) is 41.3 Å². The van der Waals surface area contributed by atoms with Gasteiger partial charge in [0, 0.05) is 24.7 Å². The summed E-state index contributed by atoms with van der Waals surface area (Å²) in [6.45, 7) is 0.130. The number of benzene rings is 1. The number of anilines is 2. The van der Waals surface area contributed by atoms with Crippen molar-refractivity contribution in [3.05, 3.63) is 59.7 Å². The summed E-state index contributed by atoms with van der Waals surface area (Å²) in [7, 11) is 1.61. The molecule has 1 aliphatic heterocycles. The third kappa shape index (κ3) is 2.77. The maximum Gasteiger partial charge on any atom is 0.239 e. The van der Waals surface area contributed by atoms with E-state index in [1.54, 1.807) is 13.3 Å². The molecule has 2 aromatic rings. The van der Waals surface area contributed by atoms with Crippen LogP contribution in [0.3, 0.4) is 0 Å². The second-order valence-corrected chi connectivity index (χ2v) is 6.53. The number of Topliss-reactive ketones (excluding diaryl/α,β-unsaturated/α-hetero) is 1. The number of ketones is 1. The van der Waals surface area contributed by atoms with Gasteiger partial charge >= 0.3 is 0 Å². The normalized spacial score (nSPS) is 19.3. The minimum absolute atomic E-state index is 0.106. The maximum absolute atomic E-state index is 12.9. The van der Waals surface area contributed by atoms with Gasteiger partial charge in [-0.2, -0.15) is 0 Å². The van der Waals surface area contributed by atoms with Crippen LogP contribution in [0.25, 0.3) is 0 Å². The van der Waals surface area contributed by atoms with Crippen molar-refractivity contribution in [3.63, 3.8) is 0 Å². The molecule has 4 rings (SSSR count). The number of rotatable bonds is 3. The second-order valence-electron chi connectivity index (χ2n) is 6.53. The number of likely N-dealkylation sites (N-methyl/N-ethyl adjacent to an activating group) is 1. The standard InChI is InChI=1S/C20H21N3O3/c1-21-18(25)12-23-15-8-3-2-6-13(15)22-14-7-4-9-16(24)19(14)20(23)17-10-5-11-26-17/h2-3,5-6,8,10-11,20,22H,4,7,9,12H2,1H3,(H,21,25). The molecule has 2 N–H and O–H groups in total. The van der Waals surface area contributed by atoms with Crippen LogP contribution in [-0.4, -0.2) is 25.3 Å². The highest BCUT2D eigenvalue weighted by Gasteiger charge is 2.38. The number of hydrogen-bond donors (Lipinski definition) is 2. The smallest absolute Gasteiger partial charge is 0.239 e. The summed E-state index contributed by atoms with van der Waals surface area (Å²) in [4.78, 5) is 27.1. The van der Waals surface area contributed by atoms with Crippen molar-refractivity contribution < 1.29 is 14.0 Å². The van der Waals surface area contributed by atoms with Gasteiger partial charge in [0.25, 0.3) is 0 Å². The summed E-state index contributed by atoms with van der Waals surface area (Å²) in [5.74, 6) is 0.647. The van der Waals surface area contributed by atoms with E-state index in [9.17, 15) is 9.59 Å². The van der Waals surface area contributed by atoms with Crippen LogP contribution in [0.2, 0.25) is 0 Å². The van der Waals surface area contributed by atoms with Crippen LogP contribution >= 0.6 is 0 Å². The molecule has 2 heterocycles. The molecule has 134 valence electrons. The number of nitrogens with one attached hydrogen (secondary N) is 2. The number of nitrogens with zero attached hydrogens (tertiary/aromatic N) is 1. The van der Waals surface area contributed by atoms with Crippen LogP contribution in [0, 0.1) is 0 Å². The van der Waals surface area contributed by atoms with Crippen molar-refractivity contribution in [2.75, 3.05) is 23.8 Å². The molecule has 0 radical (unpaired) electrons. The molecule has 1 unspecified atom stereocenters. The highest BCUT2D eigenvalue weighted by atomic mass is 16.3. The first-order chi connectivity index (χ1) is 12.7. The Morgan fingerprint density at radius 1 is 1.27 bits per heavy atom. The molecule has 26 heavy (non-hydrogen) atoms. The van der Waals surface area contributed by atoms with E-state index in [1.165, 1.54) is 0 Å². The van der Waals surface area contributed by atoms with Gasteiger partial charge in [0.05, 0.1) is 24.2 Å². The topological polar surface area (TPSA) is 74.6 Å². The zero-order valence-corrected chi connectivity index (χ0v) is 14.6. The zero-order valence-electron chi connectivity index (χ0n) is 14.6. The van der Waals surface area contributed by atoms with Gasteiger partial charge in [0.15, 0.2) is 5.78 Å². The number of allylic oxidation sites excluding steroid dienone is 1. The fourth-order valence-electron chi connectivity index (χ4n) is 3.75. The average molecular weight is 351 g/mol. The summed E-state index contributed by atoms with van der Waals surface area (Å²) < 4.78 is 5.70. The van der Waals surface area contributed by atoms with Gasteiger partial charge in [-0.3, -0.25) is 9.59 Å². The molecule has 1 aliphatic carbocycles. The fraction of sp³-hybridized carbons (Fsp3) is 0.300. The van der Waals surface area contributed by atoms with Gasteiger partial charge in [-0.25, -0.2) is 0 Å². The first-order valence-corrected chi connectivity index (χ1v) is 8.82. The summed E-state index contributed by atoms with van der Waals surface area (Å²) in [6.07, 6.45) is 3.75. The number of fused-ring (bicyclic) bond motifs is 1. The molecular weight excluding hydrogens is 330 g/mol. The first kappa shape index (κ1) is 16.4. The van der Waals surface area contributed by atoms with Crippen LogP contribution < -0.4 is 15.5 Å². The van der Waals surface area contributed by atoms with Gasteiger partial charge in [-0.1, -0.05) is 12.1 Å². The quantitative estimate of drug-likeness (QED) is 0.889. The maximum atomic E-state index is 12.9. The predicted octanol–water partition coefficient (Wildman–Crippen LogP) is 3.01. The molecule has 1 aromatic heterocycles. The summed E-state index contributed by atoms with van der Waals surface area (Å²) in [5.41, 5.74) is 3.40. The van der Waals surface area contributed by atoms with Gasteiger partial charge in [0.2, 0.25) is 5.91 Å². The lowest BCUT2D eigenvalue weighted by atomic mass is 9.88. The first-order valence-electron chi connectivity index (χ1n) is 8.82. The van der Waals surface area contributed by atoms with E-state index >= 15 is 0 Å². The Labute approximate surface area is 151 Å². The molecule has 1 amide bonds. The van der Waals surface area contributed by atoms with E-state index in [-0.39, 0.29) is 18.2 Å². The molecule has 0 bridgehead atoms. The molecule has 6 nitrogen and oxygen atoms in total. The molecular formula is C20H21N3O3. The molecule has 0 saturated carbocycles. The molecule has 0 fully saturated rings. The highest BCUT2D eigenvalue weighted by molar-refractivity contribution is 6.01. The van der Waals surface area contributed by atoms with Crippen molar-refractivity contribution in [1.82, 2.24) is 5.32 Å². The fourth-order valence-corrected chi connectivity index (χ4v) is 3.75. The lowest BCUT2D eigenvalue weighted by Crippen LogP contribution is -2.40. The SMILES string of the molecule is CNC(=O)CN1c2ccccc2NC2=C(C(=O)CCC2)C1c1ccco1. The van der Waals surface area contributed by atoms with E-state index in [0.717, 1.165) is 29.9 Å². The number of hydrogen-bond acceptors (Lipinski definition) is 5. The Hall–Kier alpha value is -3.02. The van der Waals surface area contributed by atoms with Crippen molar-refractivity contribution in [1.29, 1.82) is 0 Å². The Bertz CT molecular complexity index is 870. The Morgan fingerprint density at radius 2 is 2.12 bits per heavy atom. The van der Waals surface area contributed by atoms with Crippen molar-refractivity contribution in [3.8, 4) is 0 Å². The molecule has 6 heteroatoms. The van der Waals surface area contributed by atoms with Crippen LogP contribution in [0.15, 0.2) is 58.3 Å². The Balaban J connectivity index is 1.93. The minimum Gasteiger partial charge on any atom is -0.467 e. The lowest BCUT2D eigenvalue weighted by Gasteiger charge is -2.33. The number of furan rings is 1. The molecule has 2 aliphatic rings. The second kappa shape index (κ2) is 6.71. The van der Waals surface area contributed by atoms with Crippen LogP contribution in [0.1, 0.15) is 31.1 Å². The van der Waals surface area contributed by atoms with Crippen LogP contribution in [0.5, 0.6) is 0 Å². The number of para-hydroxylation sites is 2. The molecule has 1 aromatic carbocycles. The lowest BCUT2D eigenvalue weighted by molar-refractivity contribution is -0.120. The van der Waals surface area contributed by atoms with Crippen LogP contribution in [0.4, 0.5) is 11.4 Å².